The summed E-state index contributed by atoms with van der Waals surface area (Å²) in [5.41, 5.74) is 9.00. The number of nitrogens with one attached hydrogen (secondary N) is 2. The number of benzene rings is 1. The van der Waals surface area contributed by atoms with Crippen molar-refractivity contribution in [1.29, 1.82) is 0 Å². The van der Waals surface area contributed by atoms with Gasteiger partial charge in [-0.2, -0.15) is 0 Å². The second-order valence-electron chi connectivity index (χ2n) is 6.66. The minimum atomic E-state index is -0.382. The lowest BCUT2D eigenvalue weighted by atomic mass is 9.95. The van der Waals surface area contributed by atoms with Gasteiger partial charge >= 0.3 is 0 Å². The number of hydrogen-bond acceptors (Lipinski definition) is 4. The highest BCUT2D eigenvalue weighted by Crippen LogP contribution is 2.39. The molecule has 1 aliphatic heterocycles. The molecule has 7 heteroatoms. The van der Waals surface area contributed by atoms with Gasteiger partial charge in [-0.1, -0.05) is 0 Å². The Morgan fingerprint density at radius 3 is 2.54 bits per heavy atom. The summed E-state index contributed by atoms with van der Waals surface area (Å²) in [6.07, 6.45) is 2.56. The molecule has 0 bridgehead atoms. The number of carbonyl (C=O) groups is 3. The average Bonchev–Trinajstić information content (AvgIpc) is 3.42. The van der Waals surface area contributed by atoms with Gasteiger partial charge in [0.15, 0.2) is 0 Å². The minimum absolute atomic E-state index is 0.170. The molecule has 7 nitrogen and oxygen atoms in total. The van der Waals surface area contributed by atoms with E-state index in [9.17, 15) is 14.4 Å². The number of hydrogen-bond donors (Lipinski definition) is 3. The van der Waals surface area contributed by atoms with Crippen LogP contribution in [0, 0.1) is 5.92 Å². The molecule has 1 saturated heterocycles. The van der Waals surface area contributed by atoms with E-state index in [1.54, 1.807) is 24.3 Å². The molecule has 1 aliphatic carbocycles. The maximum absolute atomic E-state index is 12.4. The summed E-state index contributed by atoms with van der Waals surface area (Å²) in [6.45, 7) is 2.37. The van der Waals surface area contributed by atoms with E-state index in [0.29, 0.717) is 23.7 Å². The van der Waals surface area contributed by atoms with Crippen molar-refractivity contribution in [2.24, 2.45) is 11.7 Å². The highest BCUT2D eigenvalue weighted by atomic mass is 16.2. The third-order valence-electron chi connectivity index (χ3n) is 4.74. The van der Waals surface area contributed by atoms with E-state index in [1.807, 2.05) is 6.92 Å². The molecule has 2 fully saturated rings. The van der Waals surface area contributed by atoms with Gasteiger partial charge in [0.1, 0.15) is 0 Å². The van der Waals surface area contributed by atoms with Crippen LogP contribution in [-0.4, -0.2) is 29.8 Å². The number of nitrogens with zero attached hydrogens (tertiary/aromatic N) is 1. The topological polar surface area (TPSA) is 105 Å². The summed E-state index contributed by atoms with van der Waals surface area (Å²) in [6, 6.07) is 6.58. The van der Waals surface area contributed by atoms with E-state index in [2.05, 4.69) is 10.7 Å². The van der Waals surface area contributed by atoms with E-state index >= 15 is 0 Å². The quantitative estimate of drug-likeness (QED) is 0.739. The summed E-state index contributed by atoms with van der Waals surface area (Å²) in [4.78, 5) is 35.8. The zero-order chi connectivity index (χ0) is 17.3. The van der Waals surface area contributed by atoms with Crippen molar-refractivity contribution in [3.63, 3.8) is 0 Å². The van der Waals surface area contributed by atoms with Gasteiger partial charge in [-0.05, 0) is 49.9 Å². The molecule has 3 rings (SSSR count). The fourth-order valence-corrected chi connectivity index (χ4v) is 2.92. The van der Waals surface area contributed by atoms with Gasteiger partial charge in [-0.15, -0.1) is 0 Å². The normalized spacial score (nSPS) is 20.3. The lowest BCUT2D eigenvalue weighted by Crippen LogP contribution is -2.53. The van der Waals surface area contributed by atoms with Gasteiger partial charge in [0.2, 0.25) is 11.8 Å². The zero-order valence-corrected chi connectivity index (χ0v) is 13.7. The molecule has 2 aliphatic rings. The number of rotatable bonds is 5. The molecule has 128 valence electrons. The lowest BCUT2D eigenvalue weighted by Gasteiger charge is -2.30. The largest absolute Gasteiger partial charge is 0.345 e. The van der Waals surface area contributed by atoms with Crippen LogP contribution in [0.2, 0.25) is 0 Å². The lowest BCUT2D eigenvalue weighted by molar-refractivity contribution is -0.130. The monoisotopic (exact) mass is 330 g/mol. The first-order valence-electron chi connectivity index (χ1n) is 8.18. The maximum Gasteiger partial charge on any atom is 0.251 e. The van der Waals surface area contributed by atoms with E-state index in [-0.39, 0.29) is 36.1 Å². The number of carbonyl (C=O) groups excluding carboxylic acids is 3. The predicted octanol–water partition coefficient (Wildman–Crippen LogP) is 0.702. The molecule has 1 unspecified atom stereocenters. The molecule has 1 aromatic carbocycles. The predicted molar refractivity (Wildman–Crippen MR) is 89.0 cm³/mol. The van der Waals surface area contributed by atoms with Crippen LogP contribution >= 0.6 is 0 Å². The van der Waals surface area contributed by atoms with Gasteiger partial charge in [-0.3, -0.25) is 19.8 Å². The van der Waals surface area contributed by atoms with Crippen LogP contribution in [-0.2, 0) is 9.59 Å². The fourth-order valence-electron chi connectivity index (χ4n) is 2.92. The second-order valence-corrected chi connectivity index (χ2v) is 6.66. The summed E-state index contributed by atoms with van der Waals surface area (Å²) in [5.74, 6) is -0.113. The molecule has 1 heterocycles. The summed E-state index contributed by atoms with van der Waals surface area (Å²) >= 11 is 0. The first-order valence-corrected chi connectivity index (χ1v) is 8.18. The highest BCUT2D eigenvalue weighted by molar-refractivity contribution is 6.01. The third-order valence-corrected chi connectivity index (χ3v) is 4.74. The van der Waals surface area contributed by atoms with Crippen LogP contribution in [0.4, 0.5) is 5.69 Å². The molecule has 0 spiro atoms. The zero-order valence-electron chi connectivity index (χ0n) is 13.7. The van der Waals surface area contributed by atoms with E-state index in [0.717, 1.165) is 12.8 Å². The molecule has 4 N–H and O–H groups in total. The SMILES string of the molecule is CC(CN)(NC(=O)c1ccc(N2NC(=O)CCC2=O)cc1)C1CC1. The van der Waals surface area contributed by atoms with Crippen molar-refractivity contribution < 1.29 is 14.4 Å². The van der Waals surface area contributed by atoms with Crippen LogP contribution in [0.1, 0.15) is 43.0 Å². The van der Waals surface area contributed by atoms with Crippen LogP contribution < -0.4 is 21.5 Å². The Bertz CT molecular complexity index is 669. The molecule has 3 amide bonds. The minimum Gasteiger partial charge on any atom is -0.345 e. The van der Waals surface area contributed by atoms with Crippen molar-refractivity contribution in [2.45, 2.75) is 38.1 Å². The smallest absolute Gasteiger partial charge is 0.251 e. The number of nitrogens with two attached hydrogens (primary N) is 1. The van der Waals surface area contributed by atoms with E-state index in [4.69, 9.17) is 5.73 Å². The molecule has 1 aromatic rings. The van der Waals surface area contributed by atoms with Crippen molar-refractivity contribution in [3.8, 4) is 0 Å². The maximum atomic E-state index is 12.4. The molecule has 1 atom stereocenters. The van der Waals surface area contributed by atoms with Crippen molar-refractivity contribution in [3.05, 3.63) is 29.8 Å². The van der Waals surface area contributed by atoms with E-state index < -0.39 is 0 Å². The Morgan fingerprint density at radius 1 is 1.29 bits per heavy atom. The summed E-state index contributed by atoms with van der Waals surface area (Å²) < 4.78 is 0. The van der Waals surface area contributed by atoms with Crippen LogP contribution in [0.15, 0.2) is 24.3 Å². The first-order chi connectivity index (χ1) is 11.4. The standard InChI is InChI=1S/C17H22N4O3/c1-17(10-18,12-4-5-12)19-16(24)11-2-6-13(7-3-11)21-15(23)9-8-14(22)20-21/h2-3,6-7,12H,4-5,8-10,18H2,1H3,(H,19,24)(H,20,22). The number of anilines is 1. The Morgan fingerprint density at radius 2 is 1.96 bits per heavy atom. The number of hydrazine groups is 1. The molecule has 0 aromatic heterocycles. The van der Waals surface area contributed by atoms with Gasteiger partial charge in [-0.25, -0.2) is 5.01 Å². The van der Waals surface area contributed by atoms with Gasteiger partial charge in [0.05, 0.1) is 11.2 Å². The van der Waals surface area contributed by atoms with Gasteiger partial charge < -0.3 is 11.1 Å². The van der Waals surface area contributed by atoms with E-state index in [1.165, 1.54) is 5.01 Å². The Labute approximate surface area is 140 Å². The molecule has 1 saturated carbocycles. The first kappa shape index (κ1) is 16.4. The van der Waals surface area contributed by atoms with Crippen molar-refractivity contribution in [2.75, 3.05) is 11.6 Å². The van der Waals surface area contributed by atoms with Gasteiger partial charge in [0, 0.05) is 24.9 Å². The molecule has 24 heavy (non-hydrogen) atoms. The second kappa shape index (κ2) is 6.24. The number of amides is 3. The third kappa shape index (κ3) is 3.26. The highest BCUT2D eigenvalue weighted by Gasteiger charge is 2.41. The summed E-state index contributed by atoms with van der Waals surface area (Å²) in [5, 5.41) is 4.25. The van der Waals surface area contributed by atoms with Crippen LogP contribution in [0.25, 0.3) is 0 Å². The molecular weight excluding hydrogens is 308 g/mol. The average molecular weight is 330 g/mol. The molecule has 0 radical (unpaired) electrons. The van der Waals surface area contributed by atoms with Crippen molar-refractivity contribution in [1.82, 2.24) is 10.7 Å². The van der Waals surface area contributed by atoms with Crippen molar-refractivity contribution >= 4 is 23.4 Å². The fraction of sp³-hybridized carbons (Fsp3) is 0.471. The Balaban J connectivity index is 1.71. The molecular formula is C17H22N4O3. The summed E-state index contributed by atoms with van der Waals surface area (Å²) in [7, 11) is 0. The Kier molecular flexibility index (Phi) is 4.28. The van der Waals surface area contributed by atoms with Crippen LogP contribution in [0.3, 0.4) is 0 Å². The van der Waals surface area contributed by atoms with Gasteiger partial charge in [0.25, 0.3) is 5.91 Å². The Hall–Kier alpha value is -2.41. The van der Waals surface area contributed by atoms with Crippen LogP contribution in [0.5, 0.6) is 0 Å².